The molecule has 0 amide bonds. The molecule has 0 aliphatic heterocycles. The lowest BCUT2D eigenvalue weighted by molar-refractivity contribution is 0.661. The van der Waals surface area contributed by atoms with Gasteiger partial charge in [-0.3, -0.25) is 0 Å². The minimum Gasteiger partial charge on any atom is -0.319 e. The first-order chi connectivity index (χ1) is 30.4. The van der Waals surface area contributed by atoms with E-state index in [1.165, 1.54) is 33.0 Å². The molecule has 0 radical (unpaired) electrons. The third-order valence-corrected chi connectivity index (χ3v) is 13.7. The van der Waals surface area contributed by atoms with Crippen molar-refractivity contribution in [3.8, 4) is 34.3 Å². The van der Waals surface area contributed by atoms with Crippen LogP contribution in [0.2, 0.25) is 0 Å². The van der Waals surface area contributed by atoms with Gasteiger partial charge < -0.3 is 13.7 Å². The van der Waals surface area contributed by atoms with Gasteiger partial charge in [-0.1, -0.05) is 123 Å². The highest BCUT2D eigenvalue weighted by atomic mass is 15.0. The molecule has 0 atom stereocenters. The van der Waals surface area contributed by atoms with Crippen molar-refractivity contribution < 1.29 is 0 Å². The van der Waals surface area contributed by atoms with Crippen LogP contribution in [0.5, 0.6) is 0 Å². The summed E-state index contributed by atoms with van der Waals surface area (Å²) in [6, 6.07) is 64.9. The normalized spacial score (nSPS) is 13.1. The summed E-state index contributed by atoms with van der Waals surface area (Å²) in [5.41, 5.74) is 14.6. The first kappa shape index (κ1) is 34.5. The Labute approximate surface area is 357 Å². The van der Waals surface area contributed by atoms with Gasteiger partial charge in [-0.05, 0) is 99.8 Å². The molecule has 0 spiro atoms. The molecule has 0 fully saturated rings. The second-order valence-corrected chi connectivity index (χ2v) is 17.1. The fourth-order valence-corrected chi connectivity index (χ4v) is 10.9. The van der Waals surface area contributed by atoms with Crippen LogP contribution in [-0.4, -0.2) is 13.7 Å². The molecule has 62 heavy (non-hydrogen) atoms. The number of aromatic nitrogens is 3. The van der Waals surface area contributed by atoms with Crippen molar-refractivity contribution in [1.82, 2.24) is 13.7 Å². The molecule has 5 nitrogen and oxygen atoms in total. The lowest BCUT2D eigenvalue weighted by atomic mass is 9.82. The van der Waals surface area contributed by atoms with Crippen LogP contribution in [0.25, 0.3) is 109 Å². The predicted octanol–water partition coefficient (Wildman–Crippen LogP) is 14.9. The molecule has 0 saturated carbocycles. The summed E-state index contributed by atoms with van der Waals surface area (Å²) in [6.07, 6.45) is 0. The van der Waals surface area contributed by atoms with Crippen LogP contribution in [-0.2, 0) is 5.41 Å². The van der Waals surface area contributed by atoms with E-state index < -0.39 is 0 Å². The first-order valence-electron chi connectivity index (χ1n) is 21.0. The van der Waals surface area contributed by atoms with Crippen molar-refractivity contribution in [2.45, 2.75) is 19.3 Å². The molecular weight excluding hydrogens is 755 g/mol. The zero-order valence-electron chi connectivity index (χ0n) is 34.0. The van der Waals surface area contributed by atoms with Crippen LogP contribution >= 0.6 is 0 Å². The number of para-hydroxylation sites is 3. The number of nitriles is 1. The highest BCUT2D eigenvalue weighted by Gasteiger charge is 2.36. The number of hydrogen-bond donors (Lipinski definition) is 0. The quantitative estimate of drug-likeness (QED) is 0.164. The van der Waals surface area contributed by atoms with Gasteiger partial charge in [0.15, 0.2) is 0 Å². The summed E-state index contributed by atoms with van der Waals surface area (Å²) in [5, 5.41) is 20.3. The number of benzene rings is 9. The maximum atomic E-state index is 11.1. The van der Waals surface area contributed by atoms with Crippen LogP contribution in [0.15, 0.2) is 176 Å². The van der Waals surface area contributed by atoms with E-state index in [1.54, 1.807) is 0 Å². The highest BCUT2D eigenvalue weighted by molar-refractivity contribution is 6.22. The van der Waals surface area contributed by atoms with Crippen LogP contribution in [0, 0.1) is 17.9 Å². The molecule has 12 aromatic rings. The van der Waals surface area contributed by atoms with Crippen LogP contribution in [0.3, 0.4) is 0 Å². The van der Waals surface area contributed by atoms with E-state index in [2.05, 4.69) is 202 Å². The molecule has 13 rings (SSSR count). The summed E-state index contributed by atoms with van der Waals surface area (Å²) >= 11 is 0. The molecule has 288 valence electrons. The SMILES string of the molecule is [C-]#[N+]c1cc(-n2c3ccccc3c3cc4c(cc32)C(C)(C)c2ccccc2-4)c(C#N)cc1-n1c2ccc(-n3c4ccccc4c4ccccc43)cc2c2c3ccccc3ccc21. The molecule has 3 heterocycles. The van der Waals surface area contributed by atoms with Crippen LogP contribution in [0.4, 0.5) is 5.69 Å². The summed E-state index contributed by atoms with van der Waals surface area (Å²) in [5.74, 6) is 0. The number of nitrogens with zero attached hydrogens (tertiary/aromatic N) is 5. The minimum atomic E-state index is -0.201. The van der Waals surface area contributed by atoms with E-state index in [0.29, 0.717) is 22.6 Å². The van der Waals surface area contributed by atoms with E-state index in [4.69, 9.17) is 6.57 Å². The molecular formula is C57H35N5. The Morgan fingerprint density at radius 2 is 1.06 bits per heavy atom. The zero-order chi connectivity index (χ0) is 41.4. The predicted molar refractivity (Wildman–Crippen MR) is 256 cm³/mol. The molecule has 1 aliphatic carbocycles. The van der Waals surface area contributed by atoms with E-state index in [1.807, 2.05) is 12.1 Å². The van der Waals surface area contributed by atoms with E-state index in [-0.39, 0.29) is 5.41 Å². The van der Waals surface area contributed by atoms with Gasteiger partial charge in [0.25, 0.3) is 0 Å². The minimum absolute atomic E-state index is 0.201. The summed E-state index contributed by atoms with van der Waals surface area (Å²) in [6.45, 7) is 13.3. The Morgan fingerprint density at radius 3 is 1.79 bits per heavy atom. The van der Waals surface area contributed by atoms with Gasteiger partial charge in [0.1, 0.15) is 6.07 Å². The van der Waals surface area contributed by atoms with Crippen molar-refractivity contribution in [2.75, 3.05) is 0 Å². The Balaban J connectivity index is 1.08. The van der Waals surface area contributed by atoms with E-state index in [0.717, 1.165) is 71.1 Å². The average Bonchev–Trinajstić information content (AvgIpc) is 4.01. The topological polar surface area (TPSA) is 42.9 Å². The molecule has 0 N–H and O–H groups in total. The first-order valence-corrected chi connectivity index (χ1v) is 21.0. The molecule has 5 heteroatoms. The van der Waals surface area contributed by atoms with Gasteiger partial charge in [-0.15, -0.1) is 0 Å². The molecule has 9 aromatic carbocycles. The van der Waals surface area contributed by atoms with E-state index in [9.17, 15) is 5.26 Å². The maximum Gasteiger partial charge on any atom is 0.212 e. The maximum absolute atomic E-state index is 11.1. The monoisotopic (exact) mass is 789 g/mol. The number of fused-ring (bicyclic) bond motifs is 14. The second kappa shape index (κ2) is 12.3. The van der Waals surface area contributed by atoms with Gasteiger partial charge in [0, 0.05) is 43.4 Å². The standard InChI is InChI=1S/C57H35N5/c1-57(2)45-20-10-6-16-38(45)42-30-43-41-19-9-13-23-50(41)62(54(43)31-46(42)57)53-32-47(59-3)55(28-35(53)33-58)61-51-27-25-36(29-44(51)56-37-15-5-4-14-34(37)24-26-52(56)61)60-48-21-11-7-17-39(48)40-18-8-12-22-49(40)60/h4-32H,1-2H3. The van der Waals surface area contributed by atoms with Gasteiger partial charge in [-0.25, -0.2) is 4.85 Å². The van der Waals surface area contributed by atoms with Gasteiger partial charge in [0.05, 0.1) is 56.6 Å². The zero-order valence-corrected chi connectivity index (χ0v) is 34.0. The van der Waals surface area contributed by atoms with Crippen molar-refractivity contribution in [3.05, 3.63) is 204 Å². The van der Waals surface area contributed by atoms with Gasteiger partial charge in [0.2, 0.25) is 5.69 Å². The Bertz CT molecular complexity index is 3990. The van der Waals surface area contributed by atoms with Crippen molar-refractivity contribution >= 4 is 81.9 Å². The fourth-order valence-electron chi connectivity index (χ4n) is 10.9. The number of rotatable bonds is 3. The van der Waals surface area contributed by atoms with Gasteiger partial charge >= 0.3 is 0 Å². The van der Waals surface area contributed by atoms with Gasteiger partial charge in [-0.2, -0.15) is 5.26 Å². The molecule has 1 aliphatic rings. The smallest absolute Gasteiger partial charge is 0.212 e. The third kappa shape index (κ3) is 4.44. The lowest BCUT2D eigenvalue weighted by Gasteiger charge is -2.22. The molecule has 3 aromatic heterocycles. The highest BCUT2D eigenvalue weighted by Crippen LogP contribution is 2.51. The average molecular weight is 790 g/mol. The van der Waals surface area contributed by atoms with Crippen molar-refractivity contribution in [3.63, 3.8) is 0 Å². The number of hydrogen-bond acceptors (Lipinski definition) is 1. The Morgan fingerprint density at radius 1 is 0.468 bits per heavy atom. The van der Waals surface area contributed by atoms with E-state index >= 15 is 0 Å². The lowest BCUT2D eigenvalue weighted by Crippen LogP contribution is -2.15. The third-order valence-electron chi connectivity index (χ3n) is 13.7. The summed E-state index contributed by atoms with van der Waals surface area (Å²) in [4.78, 5) is 4.25. The second-order valence-electron chi connectivity index (χ2n) is 17.1. The Kier molecular flexibility index (Phi) is 6.86. The molecule has 0 bridgehead atoms. The van der Waals surface area contributed by atoms with Crippen molar-refractivity contribution in [2.24, 2.45) is 0 Å². The summed E-state index contributed by atoms with van der Waals surface area (Å²) in [7, 11) is 0. The largest absolute Gasteiger partial charge is 0.319 e. The fraction of sp³-hybridized carbons (Fsp3) is 0.0526. The van der Waals surface area contributed by atoms with Crippen LogP contribution < -0.4 is 0 Å². The summed E-state index contributed by atoms with van der Waals surface area (Å²) < 4.78 is 6.76. The van der Waals surface area contributed by atoms with Crippen LogP contribution in [0.1, 0.15) is 30.5 Å². The molecule has 0 saturated heterocycles. The Hall–Kier alpha value is -8.38. The van der Waals surface area contributed by atoms with Crippen molar-refractivity contribution in [1.29, 1.82) is 5.26 Å². The molecule has 0 unspecified atom stereocenters.